The van der Waals surface area contributed by atoms with Gasteiger partial charge in [0.15, 0.2) is 5.13 Å². The molecule has 0 bridgehead atoms. The zero-order valence-corrected chi connectivity index (χ0v) is 19.3. The Balaban J connectivity index is 1.34. The standard InChI is InChI=1S/C24H26N4O4S/c1-31-23-20-21(18(13-25-23)16-8-11-32-12-9-16)33-24(26-20)27-22(30)17-6-4-15(5-7-17)14-28-10-2-3-19(28)29/h4-7,13,16H,2-3,8-12,14H2,1H3,(H,26,27,30). The minimum Gasteiger partial charge on any atom is -0.479 e. The van der Waals surface area contributed by atoms with Crippen molar-refractivity contribution < 1.29 is 19.1 Å². The second kappa shape index (κ2) is 9.44. The molecule has 0 spiro atoms. The fourth-order valence-corrected chi connectivity index (χ4v) is 5.47. The van der Waals surface area contributed by atoms with Gasteiger partial charge in [0.25, 0.3) is 5.91 Å². The predicted octanol–water partition coefficient (Wildman–Crippen LogP) is 3.97. The molecule has 172 valence electrons. The van der Waals surface area contributed by atoms with E-state index in [0.717, 1.165) is 54.8 Å². The Bertz CT molecular complexity index is 1170. The molecule has 2 aliphatic heterocycles. The Morgan fingerprint density at radius 1 is 1.27 bits per heavy atom. The van der Waals surface area contributed by atoms with Crippen LogP contribution in [-0.2, 0) is 16.1 Å². The maximum Gasteiger partial charge on any atom is 0.257 e. The van der Waals surface area contributed by atoms with Gasteiger partial charge in [-0.3, -0.25) is 14.9 Å². The summed E-state index contributed by atoms with van der Waals surface area (Å²) in [7, 11) is 1.57. The highest BCUT2D eigenvalue weighted by Crippen LogP contribution is 2.39. The van der Waals surface area contributed by atoms with Crippen LogP contribution < -0.4 is 10.1 Å². The molecule has 2 aromatic heterocycles. The summed E-state index contributed by atoms with van der Waals surface area (Å²) >= 11 is 1.45. The Hall–Kier alpha value is -3.04. The van der Waals surface area contributed by atoms with Crippen LogP contribution in [0.1, 0.15) is 53.1 Å². The van der Waals surface area contributed by atoms with Crippen molar-refractivity contribution in [2.45, 2.75) is 38.1 Å². The normalized spacial score (nSPS) is 17.0. The minimum absolute atomic E-state index is 0.192. The molecule has 4 heterocycles. The number of benzene rings is 1. The molecule has 1 aromatic carbocycles. The highest BCUT2D eigenvalue weighted by atomic mass is 32.1. The number of likely N-dealkylation sites (tertiary alicyclic amines) is 1. The van der Waals surface area contributed by atoms with E-state index in [-0.39, 0.29) is 11.8 Å². The molecule has 8 nitrogen and oxygen atoms in total. The van der Waals surface area contributed by atoms with Crippen LogP contribution in [0, 0.1) is 0 Å². The van der Waals surface area contributed by atoms with Crippen molar-refractivity contribution >= 4 is 38.5 Å². The first-order valence-corrected chi connectivity index (χ1v) is 12.0. The number of amides is 2. The van der Waals surface area contributed by atoms with Gasteiger partial charge in [0.2, 0.25) is 11.8 Å². The number of carbonyl (C=O) groups is 2. The van der Waals surface area contributed by atoms with E-state index in [1.165, 1.54) is 11.3 Å². The summed E-state index contributed by atoms with van der Waals surface area (Å²) in [6.45, 7) is 2.86. The van der Waals surface area contributed by atoms with E-state index in [1.54, 1.807) is 19.2 Å². The van der Waals surface area contributed by atoms with Gasteiger partial charge in [-0.2, -0.15) is 0 Å². The van der Waals surface area contributed by atoms with Gasteiger partial charge in [0, 0.05) is 44.5 Å². The van der Waals surface area contributed by atoms with Crippen LogP contribution >= 0.6 is 11.3 Å². The zero-order chi connectivity index (χ0) is 22.8. The lowest BCUT2D eigenvalue weighted by atomic mass is 9.93. The number of fused-ring (bicyclic) bond motifs is 1. The van der Waals surface area contributed by atoms with Crippen LogP contribution in [0.15, 0.2) is 30.5 Å². The van der Waals surface area contributed by atoms with Crippen molar-refractivity contribution in [1.82, 2.24) is 14.9 Å². The third-order valence-electron chi connectivity index (χ3n) is 6.25. The summed E-state index contributed by atoms with van der Waals surface area (Å²) in [6.07, 6.45) is 5.29. The second-order valence-corrected chi connectivity index (χ2v) is 9.38. The molecule has 0 saturated carbocycles. The summed E-state index contributed by atoms with van der Waals surface area (Å²) in [5.74, 6) is 0.784. The summed E-state index contributed by atoms with van der Waals surface area (Å²) < 4.78 is 11.9. The van der Waals surface area contributed by atoms with Crippen LogP contribution in [0.3, 0.4) is 0 Å². The van der Waals surface area contributed by atoms with E-state index in [0.29, 0.717) is 41.0 Å². The van der Waals surface area contributed by atoms with Crippen molar-refractivity contribution in [2.75, 3.05) is 32.2 Å². The number of carbonyl (C=O) groups excluding carboxylic acids is 2. The van der Waals surface area contributed by atoms with Gasteiger partial charge in [-0.1, -0.05) is 23.5 Å². The van der Waals surface area contributed by atoms with E-state index in [2.05, 4.69) is 15.3 Å². The second-order valence-electron chi connectivity index (χ2n) is 8.38. The van der Waals surface area contributed by atoms with Gasteiger partial charge in [-0.05, 0) is 48.4 Å². The smallest absolute Gasteiger partial charge is 0.257 e. The minimum atomic E-state index is -0.225. The molecule has 2 aliphatic rings. The Morgan fingerprint density at radius 2 is 2.06 bits per heavy atom. The fourth-order valence-electron chi connectivity index (χ4n) is 4.43. The molecule has 3 aromatic rings. The lowest BCUT2D eigenvalue weighted by Crippen LogP contribution is -2.23. The molecule has 2 saturated heterocycles. The maximum absolute atomic E-state index is 12.9. The highest BCUT2D eigenvalue weighted by Gasteiger charge is 2.24. The largest absolute Gasteiger partial charge is 0.479 e. The number of methoxy groups -OCH3 is 1. The van der Waals surface area contributed by atoms with Crippen LogP contribution in [-0.4, -0.2) is 53.6 Å². The third kappa shape index (κ3) is 4.56. The monoisotopic (exact) mass is 466 g/mol. The number of nitrogens with zero attached hydrogens (tertiary/aromatic N) is 3. The van der Waals surface area contributed by atoms with Crippen molar-refractivity contribution in [2.24, 2.45) is 0 Å². The first-order chi connectivity index (χ1) is 16.1. The van der Waals surface area contributed by atoms with Crippen molar-refractivity contribution in [3.63, 3.8) is 0 Å². The van der Waals surface area contributed by atoms with E-state index >= 15 is 0 Å². The number of hydrogen-bond acceptors (Lipinski definition) is 7. The molecule has 2 amide bonds. The van der Waals surface area contributed by atoms with E-state index in [4.69, 9.17) is 9.47 Å². The number of thiazole rings is 1. The molecule has 0 atom stereocenters. The zero-order valence-electron chi connectivity index (χ0n) is 18.5. The summed E-state index contributed by atoms with van der Waals surface area (Å²) in [6, 6.07) is 7.37. The van der Waals surface area contributed by atoms with Gasteiger partial charge in [0.1, 0.15) is 5.52 Å². The first kappa shape index (κ1) is 21.8. The lowest BCUT2D eigenvalue weighted by Gasteiger charge is -2.22. The first-order valence-electron chi connectivity index (χ1n) is 11.2. The van der Waals surface area contributed by atoms with Gasteiger partial charge >= 0.3 is 0 Å². The molecular weight excluding hydrogens is 440 g/mol. The Labute approximate surface area is 195 Å². The number of nitrogens with one attached hydrogen (secondary N) is 1. The van der Waals surface area contributed by atoms with E-state index in [1.807, 2.05) is 23.2 Å². The molecule has 0 radical (unpaired) electrons. The third-order valence-corrected chi connectivity index (χ3v) is 7.27. The molecule has 5 rings (SSSR count). The number of anilines is 1. The van der Waals surface area contributed by atoms with Gasteiger partial charge in [-0.25, -0.2) is 9.97 Å². The average molecular weight is 467 g/mol. The van der Waals surface area contributed by atoms with E-state index in [9.17, 15) is 9.59 Å². The molecular formula is C24H26N4O4S. The summed E-state index contributed by atoms with van der Waals surface area (Å²) in [5.41, 5.74) is 3.36. The molecule has 0 aliphatic carbocycles. The van der Waals surface area contributed by atoms with Gasteiger partial charge < -0.3 is 14.4 Å². The summed E-state index contributed by atoms with van der Waals surface area (Å²) in [5, 5.41) is 3.44. The molecule has 0 unspecified atom stereocenters. The molecule has 1 N–H and O–H groups in total. The number of aromatic nitrogens is 2. The fraction of sp³-hybridized carbons (Fsp3) is 0.417. The maximum atomic E-state index is 12.9. The number of hydrogen-bond donors (Lipinski definition) is 1. The Kier molecular flexibility index (Phi) is 6.24. The summed E-state index contributed by atoms with van der Waals surface area (Å²) in [4.78, 5) is 35.6. The molecule has 9 heteroatoms. The van der Waals surface area contributed by atoms with Crippen molar-refractivity contribution in [1.29, 1.82) is 0 Å². The van der Waals surface area contributed by atoms with E-state index < -0.39 is 0 Å². The Morgan fingerprint density at radius 3 is 2.76 bits per heavy atom. The number of rotatable bonds is 6. The topological polar surface area (TPSA) is 93.7 Å². The SMILES string of the molecule is COc1ncc(C2CCOCC2)c2sc(NC(=O)c3ccc(CN4CCCC4=O)cc3)nc12. The van der Waals surface area contributed by atoms with Crippen molar-refractivity contribution in [3.05, 3.63) is 47.2 Å². The molecule has 33 heavy (non-hydrogen) atoms. The number of ether oxygens (including phenoxy) is 2. The van der Waals surface area contributed by atoms with Crippen LogP contribution in [0.5, 0.6) is 5.88 Å². The average Bonchev–Trinajstić information content (AvgIpc) is 3.45. The molecule has 2 fully saturated rings. The number of pyridine rings is 1. The predicted molar refractivity (Wildman–Crippen MR) is 126 cm³/mol. The van der Waals surface area contributed by atoms with Gasteiger partial charge in [-0.15, -0.1) is 0 Å². The lowest BCUT2D eigenvalue weighted by molar-refractivity contribution is -0.128. The highest BCUT2D eigenvalue weighted by molar-refractivity contribution is 7.22. The van der Waals surface area contributed by atoms with Crippen LogP contribution in [0.4, 0.5) is 5.13 Å². The quantitative estimate of drug-likeness (QED) is 0.591. The van der Waals surface area contributed by atoms with Crippen LogP contribution in [0.2, 0.25) is 0 Å². The van der Waals surface area contributed by atoms with Crippen molar-refractivity contribution in [3.8, 4) is 5.88 Å². The van der Waals surface area contributed by atoms with Crippen LogP contribution in [0.25, 0.3) is 10.2 Å². The van der Waals surface area contributed by atoms with Gasteiger partial charge in [0.05, 0.1) is 11.8 Å².